The van der Waals surface area contributed by atoms with Crippen molar-refractivity contribution in [1.29, 1.82) is 0 Å². The number of likely N-dealkylation sites (N-methyl/N-ethyl adjacent to an activating group) is 1. The molecule has 2 atom stereocenters. The van der Waals surface area contributed by atoms with Gasteiger partial charge in [-0.15, -0.1) is 0 Å². The number of rotatable bonds is 8. The summed E-state index contributed by atoms with van der Waals surface area (Å²) in [6.45, 7) is 7.93. The van der Waals surface area contributed by atoms with Crippen LogP contribution in [0.4, 0.5) is 0 Å². The van der Waals surface area contributed by atoms with Crippen LogP contribution in [-0.4, -0.2) is 39.7 Å². The minimum Gasteiger partial charge on any atom is -0.355 e. The average Bonchev–Trinajstić information content (AvgIpc) is 2.66. The van der Waals surface area contributed by atoms with Gasteiger partial charge in [0, 0.05) is 12.6 Å². The molecule has 8 heteroatoms. The Hall–Kier alpha value is -2.35. The second kappa shape index (κ2) is 9.55. The molecule has 1 heterocycles. The second-order valence-corrected chi connectivity index (χ2v) is 7.26. The lowest BCUT2D eigenvalue weighted by molar-refractivity contribution is -0.127. The largest absolute Gasteiger partial charge is 0.355 e. The highest BCUT2D eigenvalue weighted by Crippen LogP contribution is 2.22. The number of thioether (sulfide) groups is 1. The van der Waals surface area contributed by atoms with Crippen molar-refractivity contribution in [3.8, 4) is 0 Å². The maximum absolute atomic E-state index is 12.9. The number of carbonyl (C=O) groups excluding carboxylic acids is 2. The quantitative estimate of drug-likeness (QED) is 0.532. The van der Waals surface area contributed by atoms with Crippen molar-refractivity contribution in [3.05, 3.63) is 34.6 Å². The van der Waals surface area contributed by atoms with E-state index in [2.05, 4.69) is 15.6 Å². The summed E-state index contributed by atoms with van der Waals surface area (Å²) >= 11 is 1.20. The zero-order chi connectivity index (χ0) is 20.0. The Bertz CT molecular complexity index is 881. The third kappa shape index (κ3) is 5.09. The molecule has 1 aromatic heterocycles. The molecule has 2 aromatic rings. The number of amides is 2. The SMILES string of the molecule is CCNC(=O)[C@H](C)NC(=O)CSc1nc2ccccc2c(=O)n1[C@@H](C)CC. The molecular weight excluding hydrogens is 364 g/mol. The van der Waals surface area contributed by atoms with Crippen molar-refractivity contribution in [3.63, 3.8) is 0 Å². The highest BCUT2D eigenvalue weighted by molar-refractivity contribution is 7.99. The van der Waals surface area contributed by atoms with Crippen molar-refractivity contribution in [2.75, 3.05) is 12.3 Å². The van der Waals surface area contributed by atoms with Gasteiger partial charge in [0.2, 0.25) is 11.8 Å². The third-order valence-corrected chi connectivity index (χ3v) is 5.21. The number of nitrogens with one attached hydrogen (secondary N) is 2. The van der Waals surface area contributed by atoms with Gasteiger partial charge in [0.15, 0.2) is 5.16 Å². The lowest BCUT2D eigenvalue weighted by Crippen LogP contribution is -2.45. The summed E-state index contributed by atoms with van der Waals surface area (Å²) in [5, 5.41) is 6.40. The predicted molar refractivity (Wildman–Crippen MR) is 108 cm³/mol. The number of benzene rings is 1. The van der Waals surface area contributed by atoms with E-state index in [9.17, 15) is 14.4 Å². The molecule has 0 radical (unpaired) electrons. The monoisotopic (exact) mass is 390 g/mol. The van der Waals surface area contributed by atoms with Gasteiger partial charge in [-0.25, -0.2) is 4.98 Å². The number of para-hydroxylation sites is 1. The first-order valence-electron chi connectivity index (χ1n) is 9.10. The molecule has 27 heavy (non-hydrogen) atoms. The molecule has 0 bridgehead atoms. The van der Waals surface area contributed by atoms with E-state index in [1.807, 2.05) is 32.9 Å². The lowest BCUT2D eigenvalue weighted by Gasteiger charge is -2.18. The topological polar surface area (TPSA) is 93.1 Å². The molecule has 0 aliphatic rings. The fourth-order valence-electron chi connectivity index (χ4n) is 2.60. The molecule has 0 fully saturated rings. The lowest BCUT2D eigenvalue weighted by atomic mass is 10.2. The number of fused-ring (bicyclic) bond motifs is 1. The Morgan fingerprint density at radius 2 is 1.93 bits per heavy atom. The Labute approximate surface area is 162 Å². The van der Waals surface area contributed by atoms with Crippen molar-refractivity contribution in [2.24, 2.45) is 0 Å². The smallest absolute Gasteiger partial charge is 0.262 e. The molecule has 1 aromatic carbocycles. The van der Waals surface area contributed by atoms with E-state index in [-0.39, 0.29) is 29.2 Å². The maximum Gasteiger partial charge on any atom is 0.262 e. The summed E-state index contributed by atoms with van der Waals surface area (Å²) in [6.07, 6.45) is 0.772. The average molecular weight is 391 g/mol. The molecule has 0 saturated heterocycles. The van der Waals surface area contributed by atoms with Gasteiger partial charge in [0.25, 0.3) is 5.56 Å². The van der Waals surface area contributed by atoms with Crippen molar-refractivity contribution < 1.29 is 9.59 Å². The van der Waals surface area contributed by atoms with Crippen LogP contribution in [0.1, 0.15) is 40.2 Å². The maximum atomic E-state index is 12.9. The molecule has 0 aliphatic carbocycles. The summed E-state index contributed by atoms with van der Waals surface area (Å²) in [7, 11) is 0. The first-order valence-corrected chi connectivity index (χ1v) is 10.1. The molecule has 2 rings (SSSR count). The molecule has 0 spiro atoms. The van der Waals surface area contributed by atoms with Crippen LogP contribution in [0.3, 0.4) is 0 Å². The molecule has 2 amide bonds. The first kappa shape index (κ1) is 21.0. The Morgan fingerprint density at radius 3 is 2.59 bits per heavy atom. The van der Waals surface area contributed by atoms with Crippen LogP contribution in [0.15, 0.2) is 34.2 Å². The van der Waals surface area contributed by atoms with Gasteiger partial charge in [-0.3, -0.25) is 19.0 Å². The zero-order valence-corrected chi connectivity index (χ0v) is 16.9. The van der Waals surface area contributed by atoms with Crippen molar-refractivity contribution in [1.82, 2.24) is 20.2 Å². The summed E-state index contributed by atoms with van der Waals surface area (Å²) in [5.41, 5.74) is 0.509. The van der Waals surface area contributed by atoms with E-state index < -0.39 is 6.04 Å². The number of aromatic nitrogens is 2. The van der Waals surface area contributed by atoms with Crippen LogP contribution in [0, 0.1) is 0 Å². The summed E-state index contributed by atoms with van der Waals surface area (Å²) in [4.78, 5) is 41.4. The van der Waals surface area contributed by atoms with Crippen LogP contribution in [0.5, 0.6) is 0 Å². The van der Waals surface area contributed by atoms with Crippen LogP contribution >= 0.6 is 11.8 Å². The summed E-state index contributed by atoms with van der Waals surface area (Å²) in [5.74, 6) is -0.432. The fourth-order valence-corrected chi connectivity index (χ4v) is 3.51. The predicted octanol–water partition coefficient (Wildman–Crippen LogP) is 2.10. The second-order valence-electron chi connectivity index (χ2n) is 6.32. The Balaban J connectivity index is 2.21. The molecule has 146 valence electrons. The number of hydrogen-bond acceptors (Lipinski definition) is 5. The van der Waals surface area contributed by atoms with E-state index in [1.54, 1.807) is 23.6 Å². The molecule has 0 saturated carbocycles. The first-order chi connectivity index (χ1) is 12.9. The van der Waals surface area contributed by atoms with Crippen molar-refractivity contribution in [2.45, 2.75) is 51.4 Å². The van der Waals surface area contributed by atoms with Crippen LogP contribution < -0.4 is 16.2 Å². The zero-order valence-electron chi connectivity index (χ0n) is 16.1. The number of carbonyl (C=O) groups is 2. The van der Waals surface area contributed by atoms with E-state index >= 15 is 0 Å². The van der Waals surface area contributed by atoms with Crippen molar-refractivity contribution >= 4 is 34.5 Å². The van der Waals surface area contributed by atoms with Gasteiger partial charge in [-0.05, 0) is 39.3 Å². The Morgan fingerprint density at radius 1 is 1.22 bits per heavy atom. The van der Waals surface area contributed by atoms with Gasteiger partial charge >= 0.3 is 0 Å². The molecule has 0 aliphatic heterocycles. The number of nitrogens with zero attached hydrogens (tertiary/aromatic N) is 2. The van der Waals surface area contributed by atoms with E-state index in [0.29, 0.717) is 22.6 Å². The fraction of sp³-hybridized carbons (Fsp3) is 0.474. The van der Waals surface area contributed by atoms with E-state index in [4.69, 9.17) is 0 Å². The molecule has 7 nitrogen and oxygen atoms in total. The minimum absolute atomic E-state index is 0.0329. The standard InChI is InChI=1S/C19H26N4O3S/c1-5-12(3)23-18(26)14-9-7-8-10-15(14)22-19(23)27-11-16(24)21-13(4)17(25)20-6-2/h7-10,12-13H,5-6,11H2,1-4H3,(H,20,25)(H,21,24)/t12-,13-/m0/s1. The van der Waals surface area contributed by atoms with E-state index in [1.165, 1.54) is 11.8 Å². The van der Waals surface area contributed by atoms with Crippen LogP contribution in [0.25, 0.3) is 10.9 Å². The summed E-state index contributed by atoms with van der Waals surface area (Å²) < 4.78 is 1.65. The summed E-state index contributed by atoms with van der Waals surface area (Å²) in [6, 6.07) is 6.55. The normalized spacial score (nSPS) is 13.2. The van der Waals surface area contributed by atoms with Gasteiger partial charge in [-0.2, -0.15) is 0 Å². The molecule has 2 N–H and O–H groups in total. The van der Waals surface area contributed by atoms with Gasteiger partial charge in [0.1, 0.15) is 6.04 Å². The van der Waals surface area contributed by atoms with Gasteiger partial charge in [-0.1, -0.05) is 30.8 Å². The Kier molecular flexibility index (Phi) is 7.41. The van der Waals surface area contributed by atoms with Crippen LogP contribution in [-0.2, 0) is 9.59 Å². The van der Waals surface area contributed by atoms with Gasteiger partial charge in [0.05, 0.1) is 16.7 Å². The third-order valence-electron chi connectivity index (χ3n) is 4.26. The minimum atomic E-state index is -0.612. The van der Waals surface area contributed by atoms with Gasteiger partial charge < -0.3 is 10.6 Å². The van der Waals surface area contributed by atoms with Crippen LogP contribution in [0.2, 0.25) is 0 Å². The van der Waals surface area contributed by atoms with E-state index in [0.717, 1.165) is 6.42 Å². The molecular formula is C19H26N4O3S. The highest BCUT2D eigenvalue weighted by Gasteiger charge is 2.18. The highest BCUT2D eigenvalue weighted by atomic mass is 32.2. The molecule has 0 unspecified atom stereocenters. The number of hydrogen-bond donors (Lipinski definition) is 2.